The van der Waals surface area contributed by atoms with E-state index < -0.39 is 60.5 Å². The van der Waals surface area contributed by atoms with Crippen LogP contribution in [0.3, 0.4) is 0 Å². The van der Waals surface area contributed by atoms with Crippen LogP contribution in [0.1, 0.15) is 18.3 Å². The summed E-state index contributed by atoms with van der Waals surface area (Å²) >= 11 is 0. The molecular weight excluding hydrogens is 621 g/mol. The van der Waals surface area contributed by atoms with E-state index in [1.165, 1.54) is 17.1 Å². The quantitative estimate of drug-likeness (QED) is 0.103. The molecular formula is C16H23N8O14P3. The molecule has 226 valence electrons. The summed E-state index contributed by atoms with van der Waals surface area (Å²) in [5.74, 6) is -1.40. The number of aliphatic hydroxyl groups is 1. The number of aliphatic hydroxyl groups excluding tert-OH is 1. The number of nitrogens with two attached hydrogens (primary N) is 1. The van der Waals surface area contributed by atoms with Crippen molar-refractivity contribution in [2.45, 2.75) is 37.3 Å². The third-order valence-corrected chi connectivity index (χ3v) is 9.20. The maximum absolute atomic E-state index is 12.1. The van der Waals surface area contributed by atoms with Gasteiger partial charge in [0.15, 0.2) is 17.0 Å². The molecule has 3 aromatic rings. The zero-order chi connectivity index (χ0) is 30.2. The van der Waals surface area contributed by atoms with Gasteiger partial charge in [-0.15, -0.1) is 0 Å². The van der Waals surface area contributed by atoms with Crippen molar-refractivity contribution in [2.75, 3.05) is 17.7 Å². The highest BCUT2D eigenvalue weighted by atomic mass is 31.3. The number of carboxylic acid groups (broad SMARTS) is 1. The SMILES string of the molecule is Nc1ncnc2c1nc(N[C@@H](Cc1cnc[nH]1)C(=O)O)n2[C@H]1C[C@H](O)[C@@H](COP(=O)(O)OP(=O)(O)OP(=O)(O)O)O1. The Morgan fingerprint density at radius 2 is 1.95 bits per heavy atom. The van der Waals surface area contributed by atoms with Crippen molar-refractivity contribution < 1.29 is 66.2 Å². The minimum Gasteiger partial charge on any atom is -0.480 e. The van der Waals surface area contributed by atoms with Gasteiger partial charge in [-0.25, -0.2) is 38.4 Å². The van der Waals surface area contributed by atoms with Crippen molar-refractivity contribution >= 4 is 52.4 Å². The lowest BCUT2D eigenvalue weighted by Crippen LogP contribution is -2.33. The van der Waals surface area contributed by atoms with Gasteiger partial charge in [-0.3, -0.25) is 9.09 Å². The minimum absolute atomic E-state index is 0.0451. The molecule has 22 nitrogen and oxygen atoms in total. The Kier molecular flexibility index (Phi) is 8.95. The molecule has 25 heteroatoms. The number of phosphoric ester groups is 1. The molecule has 6 atom stereocenters. The first-order valence-electron chi connectivity index (χ1n) is 11.1. The van der Waals surface area contributed by atoms with Crippen LogP contribution in [0.4, 0.5) is 11.8 Å². The van der Waals surface area contributed by atoms with Gasteiger partial charge in [0.2, 0.25) is 5.95 Å². The van der Waals surface area contributed by atoms with Gasteiger partial charge in [0.05, 0.1) is 19.0 Å². The third kappa shape index (κ3) is 7.92. The van der Waals surface area contributed by atoms with Crippen LogP contribution in [0.2, 0.25) is 0 Å². The molecule has 10 N–H and O–H groups in total. The number of nitrogen functional groups attached to an aromatic ring is 1. The third-order valence-electron chi connectivity index (χ3n) is 5.40. The number of carboxylic acids is 1. The molecule has 41 heavy (non-hydrogen) atoms. The number of rotatable bonds is 13. The predicted octanol–water partition coefficient (Wildman–Crippen LogP) is -0.769. The van der Waals surface area contributed by atoms with E-state index in [0.29, 0.717) is 5.69 Å². The van der Waals surface area contributed by atoms with Crippen LogP contribution in [-0.2, 0) is 42.8 Å². The van der Waals surface area contributed by atoms with Crippen LogP contribution in [0, 0.1) is 0 Å². The molecule has 0 amide bonds. The van der Waals surface area contributed by atoms with Crippen molar-refractivity contribution in [3.63, 3.8) is 0 Å². The molecule has 4 rings (SSSR count). The van der Waals surface area contributed by atoms with Crippen LogP contribution in [0.15, 0.2) is 18.9 Å². The van der Waals surface area contributed by atoms with Gasteiger partial charge >= 0.3 is 29.4 Å². The molecule has 0 radical (unpaired) electrons. The van der Waals surface area contributed by atoms with Gasteiger partial charge in [0, 0.05) is 24.7 Å². The molecule has 2 unspecified atom stereocenters. The first-order valence-corrected chi connectivity index (χ1v) is 15.6. The Labute approximate surface area is 228 Å². The summed E-state index contributed by atoms with van der Waals surface area (Å²) in [5.41, 5.74) is 6.54. The topological polar surface area (TPSA) is 337 Å². The molecule has 0 aromatic carbocycles. The van der Waals surface area contributed by atoms with Crippen molar-refractivity contribution in [1.29, 1.82) is 0 Å². The lowest BCUT2D eigenvalue weighted by molar-refractivity contribution is -0.137. The number of carbonyl (C=O) groups is 1. The number of nitrogens with zero attached hydrogens (tertiary/aromatic N) is 5. The Balaban J connectivity index is 1.54. The van der Waals surface area contributed by atoms with Crippen LogP contribution >= 0.6 is 23.5 Å². The number of fused-ring (bicyclic) bond motifs is 1. The Hall–Kier alpha value is -2.84. The summed E-state index contributed by atoms with van der Waals surface area (Å²) in [7, 11) is -16.8. The number of phosphoric acid groups is 3. The number of aromatic nitrogens is 6. The second kappa shape index (κ2) is 11.8. The number of H-pyrrole nitrogens is 1. The van der Waals surface area contributed by atoms with Crippen molar-refractivity contribution in [3.8, 4) is 0 Å². The smallest absolute Gasteiger partial charge is 0.480 e. The molecule has 1 aliphatic rings. The highest BCUT2D eigenvalue weighted by molar-refractivity contribution is 7.66. The van der Waals surface area contributed by atoms with E-state index in [0.717, 1.165) is 6.33 Å². The molecule has 0 spiro atoms. The fourth-order valence-corrected chi connectivity index (χ4v) is 6.80. The summed E-state index contributed by atoms with van der Waals surface area (Å²) in [4.78, 5) is 67.1. The van der Waals surface area contributed by atoms with Gasteiger partial charge in [-0.2, -0.15) is 8.62 Å². The summed E-state index contributed by atoms with van der Waals surface area (Å²) in [6, 6.07) is -1.24. The molecule has 4 heterocycles. The number of hydrogen-bond acceptors (Lipinski definition) is 15. The van der Waals surface area contributed by atoms with Gasteiger partial charge in [0.1, 0.15) is 24.7 Å². The van der Waals surface area contributed by atoms with Crippen molar-refractivity contribution in [1.82, 2.24) is 29.5 Å². The first kappa shape index (κ1) is 31.1. The highest BCUT2D eigenvalue weighted by Crippen LogP contribution is 2.66. The molecule has 1 saturated heterocycles. The molecule has 0 bridgehead atoms. The standard InChI is InChI=1S/C16H23N8O14P3/c17-13-12-14(21-6-20-13)24(16(23-12)22-8(15(26)27)1-7-3-18-5-19-7)11-2-9(25)10(36-11)4-35-40(31,32)38-41(33,34)37-39(28,29)30/h3,5-6,8-11,25H,1-2,4H2,(H,18,19)(H,22,23)(H,26,27)(H,31,32)(H,33,34)(H2,17,20,21)(H2,28,29,30)/t8-,9-,10+,11+/m0/s1. The zero-order valence-corrected chi connectivity index (χ0v) is 23.0. The van der Waals surface area contributed by atoms with Crippen LogP contribution in [0.25, 0.3) is 11.2 Å². The number of ether oxygens (including phenoxy) is 1. The summed E-state index contributed by atoms with van der Waals surface area (Å²) < 4.78 is 53.2. The van der Waals surface area contributed by atoms with E-state index in [2.05, 4.69) is 43.4 Å². The van der Waals surface area contributed by atoms with Crippen molar-refractivity contribution in [3.05, 3.63) is 24.5 Å². The molecule has 3 aromatic heterocycles. The van der Waals surface area contributed by atoms with Gasteiger partial charge < -0.3 is 50.6 Å². The molecule has 1 aliphatic heterocycles. The number of nitrogens with one attached hydrogen (secondary N) is 2. The number of imidazole rings is 2. The number of aromatic amines is 1. The lowest BCUT2D eigenvalue weighted by atomic mass is 10.1. The summed E-state index contributed by atoms with van der Waals surface area (Å²) in [6.45, 7) is -0.925. The second-order valence-corrected chi connectivity index (χ2v) is 12.8. The highest BCUT2D eigenvalue weighted by Gasteiger charge is 2.43. The van der Waals surface area contributed by atoms with Gasteiger partial charge in [-0.05, 0) is 0 Å². The molecule has 1 fully saturated rings. The maximum Gasteiger partial charge on any atom is 0.490 e. The fraction of sp³-hybridized carbons (Fsp3) is 0.438. The first-order chi connectivity index (χ1) is 19.0. The number of hydrogen-bond donors (Lipinski definition) is 9. The average molecular weight is 644 g/mol. The largest absolute Gasteiger partial charge is 0.490 e. The zero-order valence-electron chi connectivity index (χ0n) is 20.3. The summed E-state index contributed by atoms with van der Waals surface area (Å²) in [6.07, 6.45) is -0.256. The van der Waals surface area contributed by atoms with Gasteiger partial charge in [-0.1, -0.05) is 0 Å². The van der Waals surface area contributed by atoms with E-state index in [-0.39, 0.29) is 35.8 Å². The monoisotopic (exact) mass is 644 g/mol. The van der Waals surface area contributed by atoms with Gasteiger partial charge in [0.25, 0.3) is 0 Å². The van der Waals surface area contributed by atoms with Crippen LogP contribution in [-0.4, -0.2) is 90.1 Å². The minimum atomic E-state index is -5.75. The summed E-state index contributed by atoms with van der Waals surface area (Å²) in [5, 5.41) is 23.1. The Morgan fingerprint density at radius 1 is 1.22 bits per heavy atom. The van der Waals surface area contributed by atoms with Crippen molar-refractivity contribution in [2.24, 2.45) is 0 Å². The normalized spacial score (nSPS) is 23.2. The molecule has 0 aliphatic carbocycles. The molecule has 0 saturated carbocycles. The second-order valence-electron chi connectivity index (χ2n) is 8.37. The number of aliphatic carboxylic acids is 1. The van der Waals surface area contributed by atoms with E-state index in [9.17, 15) is 38.5 Å². The van der Waals surface area contributed by atoms with Crippen LogP contribution < -0.4 is 11.1 Å². The predicted molar refractivity (Wildman–Crippen MR) is 131 cm³/mol. The van der Waals surface area contributed by atoms with E-state index in [4.69, 9.17) is 20.3 Å². The van der Waals surface area contributed by atoms with E-state index in [1.54, 1.807) is 0 Å². The Bertz CT molecular complexity index is 1550. The van der Waals surface area contributed by atoms with Crippen LogP contribution in [0.5, 0.6) is 0 Å². The fourth-order valence-electron chi connectivity index (χ4n) is 3.77. The average Bonchev–Trinajstić information content (AvgIpc) is 3.54. The number of anilines is 2. The van der Waals surface area contributed by atoms with E-state index >= 15 is 0 Å². The maximum atomic E-state index is 12.1. The lowest BCUT2D eigenvalue weighted by Gasteiger charge is -2.21. The Morgan fingerprint density at radius 3 is 2.59 bits per heavy atom. The van der Waals surface area contributed by atoms with E-state index in [1.807, 2.05) is 0 Å².